The Morgan fingerprint density at radius 1 is 1.05 bits per heavy atom. The molecule has 0 aliphatic carbocycles. The molecule has 1 aliphatic heterocycles. The van der Waals surface area contributed by atoms with E-state index in [1.165, 1.54) is 0 Å². The first-order valence-electron chi connectivity index (χ1n) is 7.12. The number of rotatable bonds is 4. The van der Waals surface area contributed by atoms with Crippen molar-refractivity contribution in [3.63, 3.8) is 0 Å². The van der Waals surface area contributed by atoms with Gasteiger partial charge in [-0.15, -0.1) is 0 Å². The summed E-state index contributed by atoms with van der Waals surface area (Å²) in [5.74, 6) is 1.58. The molecule has 0 radical (unpaired) electrons. The van der Waals surface area contributed by atoms with Gasteiger partial charge in [0.2, 0.25) is 0 Å². The van der Waals surface area contributed by atoms with Crippen LogP contribution >= 0.6 is 11.6 Å². The van der Waals surface area contributed by atoms with Gasteiger partial charge in [0.05, 0.1) is 0 Å². The van der Waals surface area contributed by atoms with Gasteiger partial charge in [-0.2, -0.15) is 0 Å². The maximum absolute atomic E-state index is 6.29. The van der Waals surface area contributed by atoms with E-state index in [1.807, 2.05) is 42.5 Å². The third-order valence-corrected chi connectivity index (χ3v) is 4.05. The summed E-state index contributed by atoms with van der Waals surface area (Å²) in [4.78, 5) is 0. The third kappa shape index (κ3) is 3.31. The highest BCUT2D eigenvalue weighted by Gasteiger charge is 2.15. The third-order valence-electron chi connectivity index (χ3n) is 3.68. The van der Waals surface area contributed by atoms with Crippen molar-refractivity contribution in [1.29, 1.82) is 0 Å². The van der Waals surface area contributed by atoms with E-state index in [9.17, 15) is 0 Å². The highest BCUT2D eigenvalue weighted by molar-refractivity contribution is 6.31. The summed E-state index contributed by atoms with van der Waals surface area (Å²) in [6.07, 6.45) is 1.69. The zero-order valence-corrected chi connectivity index (χ0v) is 12.5. The molecular weight excluding hydrogens is 286 g/mol. The second-order valence-corrected chi connectivity index (χ2v) is 5.55. The van der Waals surface area contributed by atoms with Crippen LogP contribution in [0.4, 0.5) is 0 Å². The van der Waals surface area contributed by atoms with Crippen LogP contribution in [0.2, 0.25) is 5.02 Å². The molecule has 0 saturated carbocycles. The first-order valence-corrected chi connectivity index (χ1v) is 7.50. The van der Waals surface area contributed by atoms with Gasteiger partial charge in [-0.05, 0) is 42.2 Å². The minimum Gasteiger partial charge on any atom is -0.486 e. The number of fused-ring (bicyclic) bond motifs is 1. The second kappa shape index (κ2) is 6.37. The lowest BCUT2D eigenvalue weighted by Gasteiger charge is -2.20. The lowest BCUT2D eigenvalue weighted by molar-refractivity contribution is 0.171. The zero-order valence-electron chi connectivity index (χ0n) is 11.7. The average molecular weight is 304 g/mol. The topological polar surface area (TPSA) is 44.5 Å². The molecule has 0 saturated heterocycles. The van der Waals surface area contributed by atoms with Crippen LogP contribution in [-0.4, -0.2) is 13.2 Å². The van der Waals surface area contributed by atoms with Gasteiger partial charge in [-0.3, -0.25) is 0 Å². The molecule has 2 aromatic rings. The van der Waals surface area contributed by atoms with Crippen LogP contribution in [0.25, 0.3) is 0 Å². The molecule has 1 heterocycles. The van der Waals surface area contributed by atoms with E-state index in [1.54, 1.807) is 0 Å². The minimum absolute atomic E-state index is 0.0444. The van der Waals surface area contributed by atoms with Gasteiger partial charge in [0.25, 0.3) is 0 Å². The molecule has 0 unspecified atom stereocenters. The Morgan fingerprint density at radius 2 is 1.81 bits per heavy atom. The van der Waals surface area contributed by atoms with Gasteiger partial charge in [-0.1, -0.05) is 35.9 Å². The van der Waals surface area contributed by atoms with Gasteiger partial charge in [0.15, 0.2) is 11.5 Å². The highest BCUT2D eigenvalue weighted by atomic mass is 35.5. The van der Waals surface area contributed by atoms with Crippen LogP contribution in [0, 0.1) is 0 Å². The number of hydrogen-bond donors (Lipinski definition) is 1. The quantitative estimate of drug-likeness (QED) is 0.935. The summed E-state index contributed by atoms with van der Waals surface area (Å²) in [7, 11) is 0. The molecule has 2 N–H and O–H groups in total. The number of ether oxygens (including phenoxy) is 2. The number of nitrogens with two attached hydrogens (primary N) is 1. The molecule has 0 spiro atoms. The summed E-state index contributed by atoms with van der Waals surface area (Å²) in [5, 5.41) is 0.798. The summed E-state index contributed by atoms with van der Waals surface area (Å²) in [6.45, 7) is 1.19. The minimum atomic E-state index is -0.0444. The van der Waals surface area contributed by atoms with Gasteiger partial charge < -0.3 is 15.2 Å². The van der Waals surface area contributed by atoms with Crippen LogP contribution in [0.1, 0.15) is 23.6 Å². The van der Waals surface area contributed by atoms with E-state index >= 15 is 0 Å². The van der Waals surface area contributed by atoms with Crippen molar-refractivity contribution in [1.82, 2.24) is 0 Å². The molecule has 21 heavy (non-hydrogen) atoms. The summed E-state index contributed by atoms with van der Waals surface area (Å²) in [5.41, 5.74) is 8.48. The van der Waals surface area contributed by atoms with E-state index in [4.69, 9.17) is 26.8 Å². The average Bonchev–Trinajstić information content (AvgIpc) is 2.53. The molecule has 1 aliphatic rings. The largest absolute Gasteiger partial charge is 0.486 e. The predicted octanol–water partition coefficient (Wildman–Crippen LogP) is 3.74. The Hall–Kier alpha value is -1.71. The zero-order chi connectivity index (χ0) is 14.7. The van der Waals surface area contributed by atoms with E-state index < -0.39 is 0 Å². The van der Waals surface area contributed by atoms with Crippen molar-refractivity contribution < 1.29 is 9.47 Å². The maximum Gasteiger partial charge on any atom is 0.161 e. The molecule has 110 valence electrons. The Kier molecular flexibility index (Phi) is 4.32. The van der Waals surface area contributed by atoms with E-state index in [2.05, 4.69) is 0 Å². The van der Waals surface area contributed by atoms with Crippen LogP contribution in [0.3, 0.4) is 0 Å². The number of benzene rings is 2. The van der Waals surface area contributed by atoms with Crippen molar-refractivity contribution in [2.24, 2.45) is 5.73 Å². The molecule has 4 heteroatoms. The lowest BCUT2D eigenvalue weighted by atomic mass is 9.99. The fourth-order valence-corrected chi connectivity index (χ4v) is 2.70. The molecule has 2 aromatic carbocycles. The first kappa shape index (κ1) is 14.2. The Labute approximate surface area is 129 Å². The molecule has 0 fully saturated rings. The number of halogens is 1. The predicted molar refractivity (Wildman–Crippen MR) is 84.1 cm³/mol. The lowest BCUT2D eigenvalue weighted by Crippen LogP contribution is -2.17. The SMILES string of the molecule is N[C@H](CCc1ccccc1Cl)c1ccc2c(c1)OCCO2. The summed E-state index contributed by atoms with van der Waals surface area (Å²) in [6, 6.07) is 13.8. The van der Waals surface area contributed by atoms with Crippen molar-refractivity contribution in [3.05, 3.63) is 58.6 Å². The van der Waals surface area contributed by atoms with Crippen molar-refractivity contribution in [2.45, 2.75) is 18.9 Å². The fraction of sp³-hybridized carbons (Fsp3) is 0.294. The van der Waals surface area contributed by atoms with Crippen molar-refractivity contribution >= 4 is 11.6 Å². The molecule has 0 bridgehead atoms. The second-order valence-electron chi connectivity index (χ2n) is 5.14. The van der Waals surface area contributed by atoms with Crippen LogP contribution < -0.4 is 15.2 Å². The van der Waals surface area contributed by atoms with E-state index in [-0.39, 0.29) is 6.04 Å². The van der Waals surface area contributed by atoms with Gasteiger partial charge >= 0.3 is 0 Å². The van der Waals surface area contributed by atoms with Crippen LogP contribution in [0.15, 0.2) is 42.5 Å². The highest BCUT2D eigenvalue weighted by Crippen LogP contribution is 2.33. The number of aryl methyl sites for hydroxylation is 1. The van der Waals surface area contributed by atoms with Gasteiger partial charge in [-0.25, -0.2) is 0 Å². The van der Waals surface area contributed by atoms with Crippen molar-refractivity contribution in [2.75, 3.05) is 13.2 Å². The Bertz CT molecular complexity index is 630. The standard InChI is InChI=1S/C17H18ClNO2/c18-14-4-2-1-3-12(14)5-7-15(19)13-6-8-16-17(11-13)21-10-9-20-16/h1-4,6,8,11,15H,5,7,9-10,19H2/t15-/m1/s1. The summed E-state index contributed by atoms with van der Waals surface area (Å²) >= 11 is 6.17. The molecule has 3 rings (SSSR count). The van der Waals surface area contributed by atoms with E-state index in [0.717, 1.165) is 40.5 Å². The molecular formula is C17H18ClNO2. The van der Waals surface area contributed by atoms with Crippen molar-refractivity contribution in [3.8, 4) is 11.5 Å². The fourth-order valence-electron chi connectivity index (χ4n) is 2.47. The number of hydrogen-bond acceptors (Lipinski definition) is 3. The summed E-state index contributed by atoms with van der Waals surface area (Å²) < 4.78 is 11.1. The monoisotopic (exact) mass is 303 g/mol. The Balaban J connectivity index is 1.68. The normalized spacial score (nSPS) is 14.8. The van der Waals surface area contributed by atoms with Crippen LogP contribution in [-0.2, 0) is 6.42 Å². The van der Waals surface area contributed by atoms with Gasteiger partial charge in [0, 0.05) is 11.1 Å². The molecule has 1 atom stereocenters. The molecule has 0 amide bonds. The molecule has 0 aromatic heterocycles. The first-order chi connectivity index (χ1) is 10.2. The van der Waals surface area contributed by atoms with Gasteiger partial charge in [0.1, 0.15) is 13.2 Å². The molecule has 3 nitrogen and oxygen atoms in total. The maximum atomic E-state index is 6.29. The smallest absolute Gasteiger partial charge is 0.161 e. The van der Waals surface area contributed by atoms with Crippen LogP contribution in [0.5, 0.6) is 11.5 Å². The Morgan fingerprint density at radius 3 is 2.62 bits per heavy atom. The van der Waals surface area contributed by atoms with E-state index in [0.29, 0.717) is 13.2 Å².